The number of anilines is 1. The fraction of sp³-hybridized carbons (Fsp3) is 0.250. The average molecular weight is 316 g/mol. The molecule has 0 fully saturated rings. The number of likely N-dealkylation sites (N-methyl/N-ethyl adjacent to an activating group) is 1. The van der Waals surface area contributed by atoms with Crippen molar-refractivity contribution in [3.63, 3.8) is 0 Å². The molecule has 2 N–H and O–H groups in total. The van der Waals surface area contributed by atoms with Crippen LogP contribution in [0.1, 0.15) is 5.56 Å². The Morgan fingerprint density at radius 2 is 2.05 bits per heavy atom. The molecular formula is C12H15Cl2N5O. The van der Waals surface area contributed by atoms with Crippen LogP contribution in [-0.2, 0) is 11.3 Å². The summed E-state index contributed by atoms with van der Waals surface area (Å²) in [5, 5.41) is 10.2. The van der Waals surface area contributed by atoms with Gasteiger partial charge in [-0.1, -0.05) is 23.7 Å². The van der Waals surface area contributed by atoms with Gasteiger partial charge in [-0.25, -0.2) is 9.67 Å². The molecule has 1 amide bonds. The van der Waals surface area contributed by atoms with Gasteiger partial charge >= 0.3 is 0 Å². The summed E-state index contributed by atoms with van der Waals surface area (Å²) in [4.78, 5) is 15.4. The van der Waals surface area contributed by atoms with Crippen LogP contribution in [0.2, 0.25) is 5.02 Å². The van der Waals surface area contributed by atoms with Gasteiger partial charge in [-0.3, -0.25) is 10.1 Å². The number of carbonyl (C=O) groups is 1. The number of aromatic nitrogens is 3. The second-order valence-electron chi connectivity index (χ2n) is 3.97. The molecule has 0 saturated carbocycles. The van der Waals surface area contributed by atoms with Gasteiger partial charge in [0.25, 0.3) is 0 Å². The lowest BCUT2D eigenvalue weighted by Crippen LogP contribution is -2.25. The highest BCUT2D eigenvalue weighted by Crippen LogP contribution is 2.10. The molecule has 0 saturated heterocycles. The lowest BCUT2D eigenvalue weighted by molar-refractivity contribution is -0.115. The summed E-state index contributed by atoms with van der Waals surface area (Å²) < 4.78 is 1.65. The Labute approximate surface area is 127 Å². The molecule has 20 heavy (non-hydrogen) atoms. The van der Waals surface area contributed by atoms with E-state index in [1.165, 1.54) is 0 Å². The van der Waals surface area contributed by atoms with Crippen molar-refractivity contribution in [2.45, 2.75) is 6.54 Å². The van der Waals surface area contributed by atoms with E-state index in [2.05, 4.69) is 20.7 Å². The molecule has 0 aliphatic heterocycles. The largest absolute Gasteiger partial charge is 0.311 e. The zero-order chi connectivity index (χ0) is 13.7. The van der Waals surface area contributed by atoms with E-state index in [1.54, 1.807) is 18.1 Å². The molecule has 0 unspecified atom stereocenters. The fourth-order valence-electron chi connectivity index (χ4n) is 1.53. The third kappa shape index (κ3) is 4.80. The van der Waals surface area contributed by atoms with Gasteiger partial charge in [-0.05, 0) is 24.7 Å². The van der Waals surface area contributed by atoms with Gasteiger partial charge in [-0.15, -0.1) is 17.5 Å². The predicted molar refractivity (Wildman–Crippen MR) is 80.4 cm³/mol. The van der Waals surface area contributed by atoms with Crippen LogP contribution in [0.3, 0.4) is 0 Å². The number of nitrogens with zero attached hydrogens (tertiary/aromatic N) is 3. The predicted octanol–water partition coefficient (Wildman–Crippen LogP) is 1.56. The van der Waals surface area contributed by atoms with Crippen molar-refractivity contribution in [1.82, 2.24) is 20.1 Å². The summed E-state index contributed by atoms with van der Waals surface area (Å²) in [5.41, 5.74) is 1.06. The average Bonchev–Trinajstić information content (AvgIpc) is 2.80. The van der Waals surface area contributed by atoms with Crippen LogP contribution in [0.5, 0.6) is 0 Å². The summed E-state index contributed by atoms with van der Waals surface area (Å²) in [6.45, 7) is 0.803. The maximum absolute atomic E-state index is 11.3. The van der Waals surface area contributed by atoms with E-state index in [1.807, 2.05) is 24.3 Å². The molecule has 2 rings (SSSR count). The Hall–Kier alpha value is -1.63. The Bertz CT molecular complexity index is 555. The quantitative estimate of drug-likeness (QED) is 0.878. The molecular weight excluding hydrogens is 301 g/mol. The minimum Gasteiger partial charge on any atom is -0.311 e. The molecule has 1 heterocycles. The first-order chi connectivity index (χ1) is 9.17. The summed E-state index contributed by atoms with van der Waals surface area (Å²) in [6, 6.07) is 7.49. The van der Waals surface area contributed by atoms with Gasteiger partial charge in [-0.2, -0.15) is 0 Å². The molecule has 2 aromatic rings. The van der Waals surface area contributed by atoms with E-state index in [9.17, 15) is 4.79 Å². The Morgan fingerprint density at radius 3 is 2.70 bits per heavy atom. The summed E-state index contributed by atoms with van der Waals surface area (Å²) in [6.07, 6.45) is 1.57. The standard InChI is InChI=1S/C12H14ClN5O.ClH/c1-14-6-11(19)16-12-15-8-18(17-12)7-9-2-4-10(13)5-3-9;/h2-5,8,14H,6-7H2,1H3,(H,16,17,19);1H. The van der Waals surface area contributed by atoms with Crippen molar-refractivity contribution in [2.24, 2.45) is 0 Å². The van der Waals surface area contributed by atoms with E-state index in [-0.39, 0.29) is 24.9 Å². The second-order valence-corrected chi connectivity index (χ2v) is 4.41. The molecule has 0 aliphatic carbocycles. The Kier molecular flexibility index (Phi) is 6.44. The molecule has 0 aliphatic rings. The van der Waals surface area contributed by atoms with Crippen LogP contribution in [0, 0.1) is 0 Å². The number of benzene rings is 1. The van der Waals surface area contributed by atoms with Crippen LogP contribution in [-0.4, -0.2) is 34.3 Å². The van der Waals surface area contributed by atoms with Gasteiger partial charge in [0.1, 0.15) is 6.33 Å². The highest BCUT2D eigenvalue weighted by atomic mass is 35.5. The number of hydrogen-bond donors (Lipinski definition) is 2. The van der Waals surface area contributed by atoms with E-state index in [0.717, 1.165) is 5.56 Å². The topological polar surface area (TPSA) is 71.8 Å². The van der Waals surface area contributed by atoms with Crippen LogP contribution in [0.25, 0.3) is 0 Å². The van der Waals surface area contributed by atoms with Crippen LogP contribution < -0.4 is 10.6 Å². The summed E-state index contributed by atoms with van der Waals surface area (Å²) in [7, 11) is 1.70. The van der Waals surface area contributed by atoms with Crippen molar-refractivity contribution in [1.29, 1.82) is 0 Å². The molecule has 1 aromatic carbocycles. The first-order valence-corrected chi connectivity index (χ1v) is 6.13. The van der Waals surface area contributed by atoms with E-state index in [4.69, 9.17) is 11.6 Å². The number of rotatable bonds is 5. The maximum Gasteiger partial charge on any atom is 0.248 e. The highest BCUT2D eigenvalue weighted by molar-refractivity contribution is 6.30. The Morgan fingerprint density at radius 1 is 1.35 bits per heavy atom. The minimum atomic E-state index is -0.174. The molecule has 108 valence electrons. The summed E-state index contributed by atoms with van der Waals surface area (Å²) >= 11 is 5.82. The first-order valence-electron chi connectivity index (χ1n) is 5.75. The number of carbonyl (C=O) groups excluding carboxylic acids is 1. The van der Waals surface area contributed by atoms with Crippen molar-refractivity contribution < 1.29 is 4.79 Å². The van der Waals surface area contributed by atoms with E-state index in [0.29, 0.717) is 17.5 Å². The first kappa shape index (κ1) is 16.4. The molecule has 8 heteroatoms. The summed E-state index contributed by atoms with van der Waals surface area (Å²) in [5.74, 6) is 0.126. The molecule has 0 radical (unpaired) electrons. The molecule has 1 aromatic heterocycles. The third-order valence-corrected chi connectivity index (χ3v) is 2.63. The van der Waals surface area contributed by atoms with Gasteiger partial charge in [0.15, 0.2) is 0 Å². The van der Waals surface area contributed by atoms with Gasteiger partial charge in [0.2, 0.25) is 11.9 Å². The van der Waals surface area contributed by atoms with Crippen molar-refractivity contribution in [3.05, 3.63) is 41.2 Å². The van der Waals surface area contributed by atoms with Crippen molar-refractivity contribution in [2.75, 3.05) is 18.9 Å². The minimum absolute atomic E-state index is 0. The zero-order valence-corrected chi connectivity index (χ0v) is 12.4. The van der Waals surface area contributed by atoms with Crippen LogP contribution in [0.4, 0.5) is 5.95 Å². The molecule has 6 nitrogen and oxygen atoms in total. The maximum atomic E-state index is 11.3. The highest BCUT2D eigenvalue weighted by Gasteiger charge is 2.05. The monoisotopic (exact) mass is 315 g/mol. The lowest BCUT2D eigenvalue weighted by atomic mass is 10.2. The Balaban J connectivity index is 0.00000200. The van der Waals surface area contributed by atoms with Gasteiger partial charge in [0.05, 0.1) is 13.1 Å². The number of halogens is 2. The van der Waals surface area contributed by atoms with Crippen molar-refractivity contribution >= 4 is 35.9 Å². The normalized spacial score (nSPS) is 9.90. The van der Waals surface area contributed by atoms with Gasteiger partial charge < -0.3 is 5.32 Å². The van der Waals surface area contributed by atoms with Gasteiger partial charge in [0, 0.05) is 5.02 Å². The molecule has 0 spiro atoms. The fourth-order valence-corrected chi connectivity index (χ4v) is 1.66. The van der Waals surface area contributed by atoms with Crippen LogP contribution in [0.15, 0.2) is 30.6 Å². The molecule has 0 bridgehead atoms. The van der Waals surface area contributed by atoms with E-state index >= 15 is 0 Å². The molecule has 0 atom stereocenters. The number of nitrogens with one attached hydrogen (secondary N) is 2. The second kappa shape index (κ2) is 7.84. The zero-order valence-electron chi connectivity index (χ0n) is 10.8. The van der Waals surface area contributed by atoms with Crippen molar-refractivity contribution in [3.8, 4) is 0 Å². The SMILES string of the molecule is CNCC(=O)Nc1ncn(Cc2ccc(Cl)cc2)n1.Cl. The number of amides is 1. The lowest BCUT2D eigenvalue weighted by Gasteiger charge is -2.01. The third-order valence-electron chi connectivity index (χ3n) is 2.38. The van der Waals surface area contributed by atoms with Crippen LogP contribution >= 0.6 is 24.0 Å². The number of hydrogen-bond acceptors (Lipinski definition) is 4. The van der Waals surface area contributed by atoms with E-state index < -0.39 is 0 Å². The smallest absolute Gasteiger partial charge is 0.248 e.